The summed E-state index contributed by atoms with van der Waals surface area (Å²) in [7, 11) is 0. The minimum absolute atomic E-state index is 0.0572. The van der Waals surface area contributed by atoms with Crippen molar-refractivity contribution >= 4 is 17.8 Å². The third kappa shape index (κ3) is 63.9. The molecule has 0 aliphatic rings. The molecule has 0 atom stereocenters. The SMILES string of the molecule is CC.CC(C)(C)OC(=O)CCCCCCCCCCCCCCCCC(=O)NCCCC(=O)NCOCCOCCOCCOCCOCCOCCOCCOCCOCCOCCOCCN. The van der Waals surface area contributed by atoms with Gasteiger partial charge in [-0.25, -0.2) is 0 Å². The fourth-order valence-corrected chi connectivity index (χ4v) is 6.21. The molecular formula is C51H103N3O15. The van der Waals surface area contributed by atoms with Gasteiger partial charge in [-0.3, -0.25) is 14.4 Å². The number of hydrogen-bond donors (Lipinski definition) is 3. The van der Waals surface area contributed by atoms with Gasteiger partial charge in [0.15, 0.2) is 0 Å². The second-order valence-corrected chi connectivity index (χ2v) is 17.1. The summed E-state index contributed by atoms with van der Waals surface area (Å²) in [5.74, 6) is -0.132. The van der Waals surface area contributed by atoms with Crippen LogP contribution < -0.4 is 16.4 Å². The summed E-state index contributed by atoms with van der Waals surface area (Å²) >= 11 is 0. The highest BCUT2D eigenvalue weighted by molar-refractivity contribution is 5.77. The van der Waals surface area contributed by atoms with Crippen molar-refractivity contribution < 1.29 is 71.2 Å². The number of amides is 2. The first-order chi connectivity index (χ1) is 33.7. The standard InChI is InChI=1S/C49H97N3O15.C2H6/c1-49(2,3)67-48(55)21-17-15-13-11-9-7-5-4-6-8-10-12-14-16-19-46(53)51-23-18-20-47(54)52-45-66-44-43-65-42-41-64-40-39-63-38-37-62-36-35-61-34-33-60-32-31-59-30-29-58-28-27-57-26-25-56-24-22-50;1-2/h4-45,50H2,1-3H3,(H,51,53)(H,52,54);1-2H3. The zero-order valence-corrected chi connectivity index (χ0v) is 44.4. The van der Waals surface area contributed by atoms with Crippen LogP contribution in [-0.4, -0.2) is 182 Å². The van der Waals surface area contributed by atoms with Gasteiger partial charge < -0.3 is 73.2 Å². The quantitative estimate of drug-likeness (QED) is 0.0328. The van der Waals surface area contributed by atoms with Gasteiger partial charge in [-0.15, -0.1) is 0 Å². The van der Waals surface area contributed by atoms with Crippen LogP contribution in [-0.2, 0) is 71.2 Å². The molecule has 0 unspecified atom stereocenters. The highest BCUT2D eigenvalue weighted by Crippen LogP contribution is 2.15. The molecule has 0 bridgehead atoms. The maximum atomic E-state index is 12.1. The number of esters is 1. The molecule has 0 saturated carbocycles. The van der Waals surface area contributed by atoms with Crippen molar-refractivity contribution in [3.63, 3.8) is 0 Å². The predicted molar refractivity (Wildman–Crippen MR) is 270 cm³/mol. The van der Waals surface area contributed by atoms with Crippen LogP contribution in [0.5, 0.6) is 0 Å². The van der Waals surface area contributed by atoms with E-state index in [1.165, 1.54) is 64.2 Å². The first kappa shape index (κ1) is 69.0. The second kappa shape index (κ2) is 58.5. The largest absolute Gasteiger partial charge is 0.460 e. The van der Waals surface area contributed by atoms with Gasteiger partial charge in [0.05, 0.1) is 139 Å². The summed E-state index contributed by atoms with van der Waals surface area (Å²) < 4.78 is 65.2. The monoisotopic (exact) mass is 998 g/mol. The van der Waals surface area contributed by atoms with Crippen molar-refractivity contribution in [3.8, 4) is 0 Å². The van der Waals surface area contributed by atoms with Crippen molar-refractivity contribution in [2.75, 3.05) is 159 Å². The van der Waals surface area contributed by atoms with Gasteiger partial charge in [0, 0.05) is 32.4 Å². The maximum absolute atomic E-state index is 12.1. The van der Waals surface area contributed by atoms with Crippen molar-refractivity contribution in [1.29, 1.82) is 0 Å². The van der Waals surface area contributed by atoms with E-state index in [0.29, 0.717) is 178 Å². The van der Waals surface area contributed by atoms with Gasteiger partial charge in [0.25, 0.3) is 0 Å². The third-order valence-electron chi connectivity index (χ3n) is 9.71. The Labute approximate surface area is 418 Å². The van der Waals surface area contributed by atoms with Gasteiger partial charge >= 0.3 is 5.97 Å². The van der Waals surface area contributed by atoms with Gasteiger partial charge in [-0.05, 0) is 40.0 Å². The van der Waals surface area contributed by atoms with Crippen molar-refractivity contribution in [1.82, 2.24) is 10.6 Å². The number of ether oxygens (including phenoxy) is 12. The summed E-state index contributed by atoms with van der Waals surface area (Å²) in [4.78, 5) is 35.9. The summed E-state index contributed by atoms with van der Waals surface area (Å²) in [6.45, 7) is 21.0. The molecule has 0 spiro atoms. The minimum atomic E-state index is -0.388. The Kier molecular flexibility index (Phi) is 58.5. The molecule has 4 N–H and O–H groups in total. The van der Waals surface area contributed by atoms with Gasteiger partial charge in [0.1, 0.15) is 12.3 Å². The molecule has 0 rings (SSSR count). The fraction of sp³-hybridized carbons (Fsp3) is 0.941. The van der Waals surface area contributed by atoms with Gasteiger partial charge in [-0.1, -0.05) is 90.9 Å². The predicted octanol–water partition coefficient (Wildman–Crippen LogP) is 6.71. The molecule has 2 amide bonds. The van der Waals surface area contributed by atoms with Crippen LogP contribution in [0.2, 0.25) is 0 Å². The topological polar surface area (TPSA) is 212 Å². The van der Waals surface area contributed by atoms with E-state index in [-0.39, 0.29) is 30.1 Å². The normalized spacial score (nSPS) is 11.4. The van der Waals surface area contributed by atoms with Crippen molar-refractivity contribution in [3.05, 3.63) is 0 Å². The Bertz CT molecular complexity index is 1060. The van der Waals surface area contributed by atoms with Crippen LogP contribution >= 0.6 is 0 Å². The molecule has 18 heteroatoms. The summed E-state index contributed by atoms with van der Waals surface area (Å²) in [5, 5.41) is 5.64. The molecular weight excluding hydrogens is 895 g/mol. The average Bonchev–Trinajstić information content (AvgIpc) is 3.33. The summed E-state index contributed by atoms with van der Waals surface area (Å²) in [6.07, 6.45) is 18.6. The van der Waals surface area contributed by atoms with Crippen LogP contribution in [0.25, 0.3) is 0 Å². The van der Waals surface area contributed by atoms with E-state index < -0.39 is 0 Å². The van der Waals surface area contributed by atoms with E-state index in [0.717, 1.165) is 25.7 Å². The number of hydrogen-bond acceptors (Lipinski definition) is 16. The second-order valence-electron chi connectivity index (χ2n) is 17.1. The van der Waals surface area contributed by atoms with Crippen LogP contribution in [0.4, 0.5) is 0 Å². The zero-order valence-electron chi connectivity index (χ0n) is 44.4. The Hall–Kier alpha value is -2.07. The molecule has 0 heterocycles. The first-order valence-electron chi connectivity index (χ1n) is 26.5. The Balaban J connectivity index is 0. The highest BCUT2D eigenvalue weighted by Gasteiger charge is 2.15. The molecule has 18 nitrogen and oxygen atoms in total. The first-order valence-corrected chi connectivity index (χ1v) is 26.5. The van der Waals surface area contributed by atoms with E-state index in [1.54, 1.807) is 0 Å². The lowest BCUT2D eigenvalue weighted by molar-refractivity contribution is -0.155. The molecule has 0 fully saturated rings. The van der Waals surface area contributed by atoms with E-state index in [9.17, 15) is 14.4 Å². The molecule has 69 heavy (non-hydrogen) atoms. The molecule has 0 radical (unpaired) electrons. The molecule has 412 valence electrons. The molecule has 0 aromatic rings. The minimum Gasteiger partial charge on any atom is -0.460 e. The van der Waals surface area contributed by atoms with Crippen LogP contribution in [0.15, 0.2) is 0 Å². The van der Waals surface area contributed by atoms with E-state index in [2.05, 4.69) is 10.6 Å². The number of nitrogens with one attached hydrogen (secondary N) is 2. The van der Waals surface area contributed by atoms with Crippen LogP contribution in [0.1, 0.15) is 150 Å². The smallest absolute Gasteiger partial charge is 0.306 e. The lowest BCUT2D eigenvalue weighted by Crippen LogP contribution is -2.29. The Morgan fingerprint density at radius 2 is 0.609 bits per heavy atom. The van der Waals surface area contributed by atoms with Crippen LogP contribution in [0, 0.1) is 0 Å². The molecule has 0 aromatic heterocycles. The maximum Gasteiger partial charge on any atom is 0.306 e. The molecule has 0 aromatic carbocycles. The lowest BCUT2D eigenvalue weighted by Gasteiger charge is -2.19. The number of carbonyl (C=O) groups is 3. The van der Waals surface area contributed by atoms with E-state index in [1.807, 2.05) is 34.6 Å². The lowest BCUT2D eigenvalue weighted by atomic mass is 10.0. The van der Waals surface area contributed by atoms with Crippen molar-refractivity contribution in [2.24, 2.45) is 5.73 Å². The van der Waals surface area contributed by atoms with Gasteiger partial charge in [-0.2, -0.15) is 0 Å². The van der Waals surface area contributed by atoms with E-state index >= 15 is 0 Å². The Morgan fingerprint density at radius 3 is 0.928 bits per heavy atom. The van der Waals surface area contributed by atoms with Crippen molar-refractivity contribution in [2.45, 2.75) is 156 Å². The fourth-order valence-electron chi connectivity index (χ4n) is 6.21. The Morgan fingerprint density at radius 1 is 0.348 bits per heavy atom. The zero-order chi connectivity index (χ0) is 50.8. The number of carbonyl (C=O) groups excluding carboxylic acids is 3. The van der Waals surface area contributed by atoms with Crippen LogP contribution in [0.3, 0.4) is 0 Å². The number of rotatable bonds is 55. The molecule has 0 saturated heterocycles. The summed E-state index contributed by atoms with van der Waals surface area (Å²) in [6, 6.07) is 0. The van der Waals surface area contributed by atoms with E-state index in [4.69, 9.17) is 62.6 Å². The highest BCUT2D eigenvalue weighted by atomic mass is 16.6. The number of unbranched alkanes of at least 4 members (excludes halogenated alkanes) is 13. The molecule has 0 aliphatic heterocycles. The molecule has 0 aliphatic carbocycles. The van der Waals surface area contributed by atoms with Gasteiger partial charge in [0.2, 0.25) is 11.8 Å². The average molecular weight is 998 g/mol. The number of nitrogens with two attached hydrogens (primary N) is 1. The third-order valence-corrected chi connectivity index (χ3v) is 9.71. The summed E-state index contributed by atoms with van der Waals surface area (Å²) in [5.41, 5.74) is 4.95.